The van der Waals surface area contributed by atoms with Crippen molar-refractivity contribution in [2.24, 2.45) is 0 Å². The third-order valence-electron chi connectivity index (χ3n) is 27.6. The van der Waals surface area contributed by atoms with Gasteiger partial charge in [-0.1, -0.05) is 437 Å². The van der Waals surface area contributed by atoms with Crippen molar-refractivity contribution in [3.05, 3.63) is 498 Å². The molecule has 0 amide bonds. The lowest BCUT2D eigenvalue weighted by Gasteiger charge is -2.15. The van der Waals surface area contributed by atoms with Crippen molar-refractivity contribution < 1.29 is 0 Å². The number of benzene rings is 23. The Kier molecular flexibility index (Phi) is 21.1. The fourth-order valence-electron chi connectivity index (χ4n) is 20.6. The minimum Gasteiger partial charge on any atom is -0.256 e. The SMILES string of the molecule is c1ccc2c(-c3ccc(-c4nc(-c5cc6ccccc6c6ccccc56)cc(-c5cc6ccccc6c6ccccc56)n4)cc3)nccc2c1.c1ccc2c(-c3ccc(-c4nc(-c5cccc6ccccc56)nc(-c5cccc6ccccc56)n4)cc3)cccc2c1.c1ccc2ncc(-c3ccc(-c4nc(-c5cc6ccccc6c6ccccc56)nc(-c5cc6ccccc6c6ccccc56)n4)cc3)cc2c1. The predicted octanol–water partition coefficient (Wildman–Crippen LogP) is 34.0. The minimum atomic E-state index is 0.627. The van der Waals surface area contributed by atoms with E-state index < -0.39 is 0 Å². The summed E-state index contributed by atoms with van der Waals surface area (Å²) in [6.07, 6.45) is 3.82. The summed E-state index contributed by atoms with van der Waals surface area (Å²) < 4.78 is 0. The highest BCUT2D eigenvalue weighted by Gasteiger charge is 2.24. The summed E-state index contributed by atoms with van der Waals surface area (Å²) in [5, 5.41) is 29.3. The molecule has 0 aliphatic rings. The number of para-hydroxylation sites is 1. The van der Waals surface area contributed by atoms with Crippen LogP contribution in [0.2, 0.25) is 0 Å². The van der Waals surface area contributed by atoms with Crippen LogP contribution >= 0.6 is 0 Å². The van der Waals surface area contributed by atoms with Gasteiger partial charge in [0.15, 0.2) is 40.8 Å². The molecule has 142 heavy (non-hydrogen) atoms. The zero-order chi connectivity index (χ0) is 93.9. The highest BCUT2D eigenvalue weighted by Crippen LogP contribution is 2.45. The largest absolute Gasteiger partial charge is 0.256 e. The molecule has 0 bridgehead atoms. The molecule has 10 heteroatoms. The zero-order valence-corrected chi connectivity index (χ0v) is 76.8. The number of rotatable bonds is 12. The molecule has 0 aliphatic heterocycles. The Morgan fingerprint density at radius 2 is 0.401 bits per heavy atom. The lowest BCUT2D eigenvalue weighted by Crippen LogP contribution is -2.01. The quantitative estimate of drug-likeness (QED) is 0.109. The molecule has 0 saturated carbocycles. The van der Waals surface area contributed by atoms with Gasteiger partial charge in [0.2, 0.25) is 0 Å². The van der Waals surface area contributed by atoms with Crippen LogP contribution in [0.25, 0.3) is 276 Å². The van der Waals surface area contributed by atoms with E-state index in [4.69, 9.17) is 44.9 Å². The van der Waals surface area contributed by atoms with E-state index in [-0.39, 0.29) is 0 Å². The van der Waals surface area contributed by atoms with E-state index in [0.29, 0.717) is 40.8 Å². The second-order valence-corrected chi connectivity index (χ2v) is 35.9. The first-order valence-corrected chi connectivity index (χ1v) is 47.9. The van der Waals surface area contributed by atoms with E-state index >= 15 is 0 Å². The van der Waals surface area contributed by atoms with Crippen molar-refractivity contribution in [2.45, 2.75) is 0 Å². The van der Waals surface area contributed by atoms with Crippen molar-refractivity contribution in [1.29, 1.82) is 0 Å². The molecule has 28 aromatic rings. The first-order valence-electron chi connectivity index (χ1n) is 47.9. The van der Waals surface area contributed by atoms with E-state index in [1.54, 1.807) is 0 Å². The lowest BCUT2D eigenvalue weighted by molar-refractivity contribution is 1.08. The van der Waals surface area contributed by atoms with Crippen molar-refractivity contribution in [2.75, 3.05) is 0 Å². The molecule has 0 radical (unpaired) electrons. The van der Waals surface area contributed by atoms with Crippen LogP contribution in [-0.2, 0) is 0 Å². The predicted molar refractivity (Wildman–Crippen MR) is 590 cm³/mol. The monoisotopic (exact) mass is 1810 g/mol. The van der Waals surface area contributed by atoms with E-state index in [0.717, 1.165) is 149 Å². The van der Waals surface area contributed by atoms with Gasteiger partial charge in [-0.25, -0.2) is 39.9 Å². The first-order chi connectivity index (χ1) is 70.4. The Labute approximate surface area is 817 Å². The Hall–Kier alpha value is -19.2. The van der Waals surface area contributed by atoms with Crippen molar-refractivity contribution in [3.8, 4) is 136 Å². The number of hydrogen-bond donors (Lipinski definition) is 0. The molecule has 5 aromatic heterocycles. The molecule has 0 fully saturated rings. The molecule has 0 aliphatic carbocycles. The van der Waals surface area contributed by atoms with Crippen LogP contribution in [-0.4, -0.2) is 49.8 Å². The van der Waals surface area contributed by atoms with Gasteiger partial charge in [-0.2, -0.15) is 0 Å². The van der Waals surface area contributed by atoms with Gasteiger partial charge in [0.25, 0.3) is 0 Å². The van der Waals surface area contributed by atoms with Gasteiger partial charge in [-0.3, -0.25) is 9.97 Å². The molecule has 23 aromatic carbocycles. The van der Waals surface area contributed by atoms with Gasteiger partial charge in [0.1, 0.15) is 0 Å². The second-order valence-electron chi connectivity index (χ2n) is 35.9. The molecular weight excluding hydrogens is 1730 g/mol. The van der Waals surface area contributed by atoms with Crippen LogP contribution in [0, 0.1) is 0 Å². The first kappa shape index (κ1) is 83.4. The topological polar surface area (TPSA) is 129 Å². The minimum absolute atomic E-state index is 0.627. The zero-order valence-electron chi connectivity index (χ0n) is 76.8. The molecule has 5 heterocycles. The number of pyridine rings is 2. The van der Waals surface area contributed by atoms with Gasteiger partial charge in [-0.05, 0) is 189 Å². The molecule has 0 unspecified atom stereocenters. The normalized spacial score (nSPS) is 11.5. The van der Waals surface area contributed by atoms with Crippen molar-refractivity contribution in [1.82, 2.24) is 49.8 Å². The standard InChI is InChI=1S/C47H29N3.C46H28N4.C39H25N3/c1-6-16-37-30(11-1)25-26-48-46(37)31-21-23-32(24-22-31)47-49-44(42-27-33-12-2-4-14-35(33)38-17-7-9-19-40(38)42)29-45(50-47)43-28-34-13-3-5-15-36(34)39-18-8-10-20-41(39)43;1-4-14-35-31(11-1)26-41(39-18-8-6-16-37(35)39)45-48-44(30-23-21-29(22-24-30)34-25-33-13-3-10-20-43(33)47-28-34)49-46(50-45)42-27-32-12-2-5-15-36(32)38-17-7-9-19-40(38)42;1-4-16-31-26(10-1)13-7-19-32(31)29-22-24-30(25-23-29)37-40-38(35-20-8-14-27-11-2-5-17-33(27)35)42-39(41-37)36-21-9-15-28-12-3-6-18-34(28)36/h1-29H;1-28H;1-25H. The Balaban J connectivity index is 0.000000110. The Bertz CT molecular complexity index is 9500. The Morgan fingerprint density at radius 3 is 0.817 bits per heavy atom. The van der Waals surface area contributed by atoms with Gasteiger partial charge >= 0.3 is 0 Å². The van der Waals surface area contributed by atoms with E-state index in [1.807, 2.05) is 30.6 Å². The van der Waals surface area contributed by atoms with Gasteiger partial charge < -0.3 is 0 Å². The fourth-order valence-corrected chi connectivity index (χ4v) is 20.6. The van der Waals surface area contributed by atoms with Gasteiger partial charge in [0, 0.05) is 84.4 Å². The molecule has 0 N–H and O–H groups in total. The van der Waals surface area contributed by atoms with Crippen LogP contribution in [0.15, 0.2) is 498 Å². The van der Waals surface area contributed by atoms with Crippen LogP contribution in [0.5, 0.6) is 0 Å². The molecule has 0 atom stereocenters. The third kappa shape index (κ3) is 15.5. The van der Waals surface area contributed by atoms with Crippen molar-refractivity contribution in [3.63, 3.8) is 0 Å². The molecule has 10 nitrogen and oxygen atoms in total. The number of fused-ring (bicyclic) bond motifs is 17. The lowest BCUT2D eigenvalue weighted by atomic mass is 9.93. The summed E-state index contributed by atoms with van der Waals surface area (Å²) in [6.45, 7) is 0. The fraction of sp³-hybridized carbons (Fsp3) is 0. The van der Waals surface area contributed by atoms with Crippen LogP contribution < -0.4 is 0 Å². The Morgan fingerprint density at radius 1 is 0.127 bits per heavy atom. The molecule has 660 valence electrons. The highest BCUT2D eigenvalue weighted by atomic mass is 15.0. The summed E-state index contributed by atoms with van der Waals surface area (Å²) in [6, 6.07) is 170. The smallest absolute Gasteiger partial charge is 0.164 e. The molecule has 28 rings (SSSR count). The van der Waals surface area contributed by atoms with E-state index in [2.05, 4.69) is 472 Å². The average molecular weight is 1810 g/mol. The summed E-state index contributed by atoms with van der Waals surface area (Å²) in [4.78, 5) is 51.0. The summed E-state index contributed by atoms with van der Waals surface area (Å²) >= 11 is 0. The molecule has 0 spiro atoms. The van der Waals surface area contributed by atoms with Crippen LogP contribution in [0.4, 0.5) is 0 Å². The number of nitrogens with zero attached hydrogens (tertiary/aromatic N) is 10. The summed E-state index contributed by atoms with van der Waals surface area (Å²) in [5.41, 5.74) is 18.3. The molecular formula is C132H82N10. The van der Waals surface area contributed by atoms with E-state index in [9.17, 15) is 0 Å². The average Bonchev–Trinajstić information content (AvgIpc) is 0.743. The number of aromatic nitrogens is 10. The maximum absolute atomic E-state index is 5.32. The summed E-state index contributed by atoms with van der Waals surface area (Å²) in [7, 11) is 0. The second kappa shape index (κ2) is 35.8. The third-order valence-corrected chi connectivity index (χ3v) is 27.6. The van der Waals surface area contributed by atoms with Crippen LogP contribution in [0.1, 0.15) is 0 Å². The van der Waals surface area contributed by atoms with E-state index in [1.165, 1.54) is 86.4 Å². The maximum Gasteiger partial charge on any atom is 0.164 e. The van der Waals surface area contributed by atoms with Crippen molar-refractivity contribution >= 4 is 140 Å². The highest BCUT2D eigenvalue weighted by molar-refractivity contribution is 6.18. The maximum atomic E-state index is 5.32. The number of hydrogen-bond acceptors (Lipinski definition) is 10. The van der Waals surface area contributed by atoms with Gasteiger partial charge in [-0.15, -0.1) is 0 Å². The van der Waals surface area contributed by atoms with Gasteiger partial charge in [0.05, 0.1) is 22.6 Å². The summed E-state index contributed by atoms with van der Waals surface area (Å²) in [5.74, 6) is 4.59. The van der Waals surface area contributed by atoms with Crippen LogP contribution in [0.3, 0.4) is 0 Å². The molecule has 0 saturated heterocycles.